The van der Waals surface area contributed by atoms with Gasteiger partial charge in [0.2, 0.25) is 11.8 Å². The Balaban J connectivity index is 1.84. The zero-order chi connectivity index (χ0) is 33.4. The molecular weight excluding hydrogens is 672 g/mol. The highest BCUT2D eigenvalue weighted by Gasteiger charge is 2.35. The lowest BCUT2D eigenvalue weighted by Crippen LogP contribution is -2.54. The van der Waals surface area contributed by atoms with Gasteiger partial charge in [0, 0.05) is 29.1 Å². The van der Waals surface area contributed by atoms with Gasteiger partial charge in [0.25, 0.3) is 10.0 Å². The highest BCUT2D eigenvalue weighted by Crippen LogP contribution is 2.29. The van der Waals surface area contributed by atoms with Crippen molar-refractivity contribution in [3.8, 4) is 0 Å². The topological polar surface area (TPSA) is 86.8 Å². The van der Waals surface area contributed by atoms with Crippen molar-refractivity contribution >= 4 is 62.3 Å². The number of nitrogens with zero attached hydrogens (tertiary/aromatic N) is 2. The molecule has 0 bridgehead atoms. The fourth-order valence-corrected chi connectivity index (χ4v) is 6.79. The summed E-state index contributed by atoms with van der Waals surface area (Å²) in [5, 5.41) is 3.30. The number of hydrogen-bond donors (Lipinski definition) is 1. The summed E-state index contributed by atoms with van der Waals surface area (Å²) in [4.78, 5) is 29.6. The van der Waals surface area contributed by atoms with Gasteiger partial charge < -0.3 is 10.2 Å². The molecule has 2 atom stereocenters. The number of anilines is 1. The maximum absolute atomic E-state index is 14.5. The van der Waals surface area contributed by atoms with E-state index in [1.807, 2.05) is 44.2 Å². The van der Waals surface area contributed by atoms with Crippen LogP contribution < -0.4 is 9.62 Å². The van der Waals surface area contributed by atoms with Gasteiger partial charge in [-0.2, -0.15) is 0 Å². The molecule has 0 saturated heterocycles. The second kappa shape index (κ2) is 15.8. The van der Waals surface area contributed by atoms with Crippen LogP contribution in [0.15, 0.2) is 102 Å². The Morgan fingerprint density at radius 3 is 2.13 bits per heavy atom. The van der Waals surface area contributed by atoms with E-state index in [1.165, 1.54) is 29.2 Å². The molecule has 4 aromatic rings. The van der Waals surface area contributed by atoms with E-state index in [2.05, 4.69) is 5.32 Å². The van der Waals surface area contributed by atoms with Crippen LogP contribution in [0.3, 0.4) is 0 Å². The molecule has 0 aliphatic carbocycles. The van der Waals surface area contributed by atoms with Crippen molar-refractivity contribution in [2.45, 2.75) is 50.2 Å². The molecule has 0 saturated carbocycles. The van der Waals surface area contributed by atoms with Crippen LogP contribution in [0.1, 0.15) is 31.4 Å². The maximum atomic E-state index is 14.5. The van der Waals surface area contributed by atoms with E-state index in [0.29, 0.717) is 17.0 Å². The van der Waals surface area contributed by atoms with Crippen LogP contribution in [0.4, 0.5) is 10.1 Å². The lowest BCUT2D eigenvalue weighted by molar-refractivity contribution is -0.140. The number of nitrogens with one attached hydrogen (secondary N) is 1. The monoisotopic (exact) mass is 703 g/mol. The Bertz CT molecular complexity index is 1780. The van der Waals surface area contributed by atoms with Gasteiger partial charge in [-0.1, -0.05) is 96.3 Å². The number of hydrogen-bond acceptors (Lipinski definition) is 4. The van der Waals surface area contributed by atoms with Crippen molar-refractivity contribution in [3.63, 3.8) is 0 Å². The quantitative estimate of drug-likeness (QED) is 0.156. The number of benzene rings is 4. The van der Waals surface area contributed by atoms with E-state index in [9.17, 15) is 22.4 Å². The summed E-state index contributed by atoms with van der Waals surface area (Å²) in [6.45, 7) is 2.91. The van der Waals surface area contributed by atoms with E-state index < -0.39 is 40.2 Å². The molecule has 46 heavy (non-hydrogen) atoms. The number of carbonyl (C=O) groups is 2. The molecule has 12 heteroatoms. The molecule has 0 unspecified atom stereocenters. The molecular formula is C34H33Cl3FN3O4S. The molecule has 7 nitrogen and oxygen atoms in total. The third kappa shape index (κ3) is 8.79. The van der Waals surface area contributed by atoms with Crippen LogP contribution in [0.25, 0.3) is 0 Å². The molecule has 1 N–H and O–H groups in total. The largest absolute Gasteiger partial charge is 0.352 e. The molecule has 0 spiro atoms. The van der Waals surface area contributed by atoms with Gasteiger partial charge in [0.1, 0.15) is 18.4 Å². The standard InChI is InChI=1S/C34H33Cl3FN3O4S/c1-3-23(2)39-34(43)32(18-24-10-6-4-7-11-24)40(21-25-14-15-26(35)19-29(25)36)33(42)22-41(27-16-17-31(38)30(37)20-27)46(44,45)28-12-8-5-9-13-28/h4-17,19-20,23,32H,3,18,21-22H2,1-2H3,(H,39,43)/t23-,32+/m0/s1. The van der Waals surface area contributed by atoms with Crippen LogP contribution >= 0.6 is 34.8 Å². The molecule has 0 heterocycles. The number of halogens is 4. The first-order valence-corrected chi connectivity index (χ1v) is 17.1. The second-order valence-electron chi connectivity index (χ2n) is 10.7. The average molecular weight is 705 g/mol. The molecule has 0 fully saturated rings. The number of rotatable bonds is 13. The molecule has 4 aromatic carbocycles. The van der Waals surface area contributed by atoms with Gasteiger partial charge in [-0.15, -0.1) is 0 Å². The van der Waals surface area contributed by atoms with E-state index in [4.69, 9.17) is 34.8 Å². The van der Waals surface area contributed by atoms with Gasteiger partial charge in [-0.05, 0) is 66.9 Å². The first-order chi connectivity index (χ1) is 21.9. The van der Waals surface area contributed by atoms with Gasteiger partial charge in [0.15, 0.2) is 0 Å². The van der Waals surface area contributed by atoms with E-state index in [-0.39, 0.29) is 39.6 Å². The number of carbonyl (C=O) groups excluding carboxylic acids is 2. The average Bonchev–Trinajstić information content (AvgIpc) is 3.04. The highest BCUT2D eigenvalue weighted by atomic mass is 35.5. The van der Waals surface area contributed by atoms with Crippen molar-refractivity contribution < 1.29 is 22.4 Å². The van der Waals surface area contributed by atoms with Crippen molar-refractivity contribution in [1.29, 1.82) is 0 Å². The minimum atomic E-state index is -4.37. The fraction of sp³-hybridized carbons (Fsp3) is 0.235. The lowest BCUT2D eigenvalue weighted by atomic mass is 10.0. The molecule has 0 aliphatic rings. The summed E-state index contributed by atoms with van der Waals surface area (Å²) in [7, 11) is -4.37. The van der Waals surface area contributed by atoms with Gasteiger partial charge in [-0.25, -0.2) is 12.8 Å². The summed E-state index contributed by atoms with van der Waals surface area (Å²) in [5.41, 5.74) is 1.25. The smallest absolute Gasteiger partial charge is 0.264 e. The predicted octanol–water partition coefficient (Wildman–Crippen LogP) is 7.54. The minimum Gasteiger partial charge on any atom is -0.352 e. The van der Waals surface area contributed by atoms with Gasteiger partial charge in [0.05, 0.1) is 15.6 Å². The summed E-state index contributed by atoms with van der Waals surface area (Å²) in [6, 6.07) is 23.6. The van der Waals surface area contributed by atoms with Crippen LogP contribution in [-0.4, -0.2) is 43.8 Å². The Hall–Kier alpha value is -3.63. The molecule has 4 rings (SSSR count). The summed E-state index contributed by atoms with van der Waals surface area (Å²) < 4.78 is 43.1. The Morgan fingerprint density at radius 2 is 1.52 bits per heavy atom. The Morgan fingerprint density at radius 1 is 0.870 bits per heavy atom. The summed E-state index contributed by atoms with van der Waals surface area (Å²) >= 11 is 18.7. The van der Waals surface area contributed by atoms with E-state index in [1.54, 1.807) is 30.3 Å². The molecule has 0 aliphatic heterocycles. The lowest BCUT2D eigenvalue weighted by Gasteiger charge is -2.34. The second-order valence-corrected chi connectivity index (χ2v) is 13.8. The van der Waals surface area contributed by atoms with Crippen LogP contribution in [-0.2, 0) is 32.6 Å². The summed E-state index contributed by atoms with van der Waals surface area (Å²) in [6.07, 6.45) is 0.781. The third-order valence-electron chi connectivity index (χ3n) is 7.43. The highest BCUT2D eigenvalue weighted by molar-refractivity contribution is 7.92. The van der Waals surface area contributed by atoms with Crippen molar-refractivity contribution in [2.24, 2.45) is 0 Å². The minimum absolute atomic E-state index is 0.0308. The zero-order valence-electron chi connectivity index (χ0n) is 25.2. The van der Waals surface area contributed by atoms with Crippen molar-refractivity contribution in [2.75, 3.05) is 10.8 Å². The summed E-state index contributed by atoms with van der Waals surface area (Å²) in [5.74, 6) is -1.87. The molecule has 242 valence electrons. The molecule has 0 radical (unpaired) electrons. The first-order valence-electron chi connectivity index (χ1n) is 14.5. The van der Waals surface area contributed by atoms with Crippen molar-refractivity contribution in [3.05, 3.63) is 129 Å². The predicted molar refractivity (Wildman–Crippen MR) is 181 cm³/mol. The van der Waals surface area contributed by atoms with Crippen molar-refractivity contribution in [1.82, 2.24) is 10.2 Å². The van der Waals surface area contributed by atoms with Crippen LogP contribution in [0.5, 0.6) is 0 Å². The molecule has 2 amide bonds. The Kier molecular flexibility index (Phi) is 12.1. The fourth-order valence-electron chi connectivity index (χ4n) is 4.72. The van der Waals surface area contributed by atoms with Gasteiger partial charge >= 0.3 is 0 Å². The third-order valence-corrected chi connectivity index (χ3v) is 10.1. The number of sulfonamides is 1. The maximum Gasteiger partial charge on any atom is 0.264 e. The van der Waals surface area contributed by atoms with E-state index >= 15 is 0 Å². The van der Waals surface area contributed by atoms with Gasteiger partial charge in [-0.3, -0.25) is 13.9 Å². The number of amides is 2. The Labute approximate surface area is 283 Å². The van der Waals surface area contributed by atoms with E-state index in [0.717, 1.165) is 22.0 Å². The zero-order valence-corrected chi connectivity index (χ0v) is 28.3. The SMILES string of the molecule is CC[C@H](C)NC(=O)[C@@H](Cc1ccccc1)N(Cc1ccc(Cl)cc1Cl)C(=O)CN(c1ccc(F)c(Cl)c1)S(=O)(=O)c1ccccc1. The normalized spacial score (nSPS) is 12.7. The van der Waals surface area contributed by atoms with Crippen LogP contribution in [0, 0.1) is 5.82 Å². The first kappa shape index (κ1) is 35.2. The molecule has 0 aromatic heterocycles. The van der Waals surface area contributed by atoms with Crippen LogP contribution in [0.2, 0.25) is 15.1 Å².